The number of likely N-dealkylation sites (tertiary alicyclic amines) is 1. The molecule has 1 saturated carbocycles. The van der Waals surface area contributed by atoms with Crippen LogP contribution in [0.4, 0.5) is 0 Å². The minimum absolute atomic E-state index is 0.0483. The molecule has 1 heterocycles. The highest BCUT2D eigenvalue weighted by Gasteiger charge is 2.59. The van der Waals surface area contributed by atoms with Gasteiger partial charge in [0.05, 0.1) is 18.4 Å². The molecular weight excluding hydrogens is 309 g/mol. The molecule has 2 aliphatic carbocycles. The maximum atomic E-state index is 12.6. The van der Waals surface area contributed by atoms with Gasteiger partial charge in [0.25, 0.3) is 0 Å². The number of hydrogen-bond acceptors (Lipinski definition) is 2. The van der Waals surface area contributed by atoms with Crippen molar-refractivity contribution in [2.24, 2.45) is 23.7 Å². The monoisotopic (exact) mass is 321 g/mol. The first kappa shape index (κ1) is 13.4. The number of carbonyl (C=O) groups is 2. The summed E-state index contributed by atoms with van der Waals surface area (Å²) in [7, 11) is 0. The van der Waals surface area contributed by atoms with Crippen LogP contribution in [0.1, 0.15) is 12.0 Å². The van der Waals surface area contributed by atoms with Gasteiger partial charge in [0.2, 0.25) is 11.8 Å². The molecule has 0 spiro atoms. The van der Waals surface area contributed by atoms with Crippen molar-refractivity contribution in [3.63, 3.8) is 0 Å². The van der Waals surface area contributed by atoms with Crippen LogP contribution >= 0.6 is 23.2 Å². The number of benzene rings is 1. The second kappa shape index (κ2) is 4.59. The third-order valence-electron chi connectivity index (χ3n) is 4.91. The largest absolute Gasteiger partial charge is 0.278 e. The van der Waals surface area contributed by atoms with Crippen LogP contribution < -0.4 is 0 Å². The number of allylic oxidation sites excluding steroid dienone is 2. The Labute approximate surface area is 132 Å². The molecule has 2 bridgehead atoms. The average molecular weight is 322 g/mol. The topological polar surface area (TPSA) is 37.4 Å². The van der Waals surface area contributed by atoms with Crippen LogP contribution in [0.25, 0.3) is 0 Å². The molecule has 0 aromatic heterocycles. The van der Waals surface area contributed by atoms with Gasteiger partial charge in [-0.25, -0.2) is 0 Å². The third-order valence-corrected chi connectivity index (χ3v) is 5.49. The third kappa shape index (κ3) is 1.87. The van der Waals surface area contributed by atoms with Crippen LogP contribution in [-0.2, 0) is 16.1 Å². The van der Waals surface area contributed by atoms with Crippen molar-refractivity contribution >= 4 is 35.0 Å². The van der Waals surface area contributed by atoms with Crippen molar-refractivity contribution in [1.29, 1.82) is 0 Å². The highest BCUT2D eigenvalue weighted by atomic mass is 35.5. The molecule has 3 aliphatic rings. The summed E-state index contributed by atoms with van der Waals surface area (Å²) in [4.78, 5) is 26.5. The summed E-state index contributed by atoms with van der Waals surface area (Å²) in [6.45, 7) is 0.236. The van der Waals surface area contributed by atoms with E-state index < -0.39 is 0 Å². The lowest BCUT2D eigenvalue weighted by Gasteiger charge is -2.18. The Hall–Kier alpha value is -1.32. The Morgan fingerprint density at radius 2 is 1.67 bits per heavy atom. The van der Waals surface area contributed by atoms with Gasteiger partial charge in [-0.05, 0) is 36.0 Å². The first-order chi connectivity index (χ1) is 10.1. The Balaban J connectivity index is 1.62. The smallest absolute Gasteiger partial charge is 0.234 e. The Kier molecular flexibility index (Phi) is 2.92. The van der Waals surface area contributed by atoms with E-state index in [1.165, 1.54) is 4.90 Å². The van der Waals surface area contributed by atoms with Gasteiger partial charge >= 0.3 is 0 Å². The first-order valence-corrected chi connectivity index (χ1v) is 7.79. The van der Waals surface area contributed by atoms with Crippen molar-refractivity contribution in [3.8, 4) is 0 Å². The van der Waals surface area contributed by atoms with Crippen LogP contribution in [0, 0.1) is 23.7 Å². The van der Waals surface area contributed by atoms with Crippen LogP contribution in [0.15, 0.2) is 30.4 Å². The fourth-order valence-electron chi connectivity index (χ4n) is 3.94. The molecule has 0 N–H and O–H groups in total. The Morgan fingerprint density at radius 3 is 2.24 bits per heavy atom. The zero-order valence-electron chi connectivity index (χ0n) is 11.1. The van der Waals surface area contributed by atoms with Crippen molar-refractivity contribution in [1.82, 2.24) is 4.90 Å². The molecule has 5 heteroatoms. The summed E-state index contributed by atoms with van der Waals surface area (Å²) in [6, 6.07) is 5.13. The molecule has 108 valence electrons. The quantitative estimate of drug-likeness (QED) is 0.619. The number of halogens is 2. The van der Waals surface area contributed by atoms with Crippen molar-refractivity contribution < 1.29 is 9.59 Å². The Bertz CT molecular complexity index is 655. The van der Waals surface area contributed by atoms with Crippen LogP contribution in [-0.4, -0.2) is 16.7 Å². The minimum Gasteiger partial charge on any atom is -0.278 e. The highest BCUT2D eigenvalue weighted by molar-refractivity contribution is 6.35. The molecule has 4 rings (SSSR count). The average Bonchev–Trinajstić information content (AvgIpc) is 3.10. The molecule has 1 aliphatic heterocycles. The molecule has 0 unspecified atom stereocenters. The van der Waals surface area contributed by atoms with Crippen molar-refractivity contribution in [2.75, 3.05) is 0 Å². The zero-order chi connectivity index (χ0) is 14.7. The van der Waals surface area contributed by atoms with E-state index in [9.17, 15) is 9.59 Å². The van der Waals surface area contributed by atoms with Gasteiger partial charge in [0, 0.05) is 10.0 Å². The van der Waals surface area contributed by atoms with Gasteiger partial charge in [-0.1, -0.05) is 41.4 Å². The van der Waals surface area contributed by atoms with Gasteiger partial charge in [-0.15, -0.1) is 0 Å². The van der Waals surface area contributed by atoms with E-state index in [0.29, 0.717) is 10.0 Å². The fourth-order valence-corrected chi connectivity index (χ4v) is 4.41. The van der Waals surface area contributed by atoms with Gasteiger partial charge in [-0.2, -0.15) is 0 Å². The summed E-state index contributed by atoms with van der Waals surface area (Å²) in [5.41, 5.74) is 0.753. The molecule has 1 aromatic carbocycles. The van der Waals surface area contributed by atoms with E-state index in [4.69, 9.17) is 23.2 Å². The SMILES string of the molecule is O=C1[C@H]2[C@H](C(=O)N1Cc1ccc(Cl)cc1Cl)[C@H]1C=C[C@H]2C1. The normalized spacial score (nSPS) is 33.1. The van der Waals surface area contributed by atoms with Gasteiger partial charge in [-0.3, -0.25) is 14.5 Å². The van der Waals surface area contributed by atoms with Crippen LogP contribution in [0.3, 0.4) is 0 Å². The van der Waals surface area contributed by atoms with E-state index in [0.717, 1.165) is 12.0 Å². The van der Waals surface area contributed by atoms with Gasteiger partial charge in [0.15, 0.2) is 0 Å². The second-order valence-electron chi connectivity index (χ2n) is 6.00. The molecule has 3 nitrogen and oxygen atoms in total. The highest BCUT2D eigenvalue weighted by Crippen LogP contribution is 2.52. The number of imide groups is 1. The zero-order valence-corrected chi connectivity index (χ0v) is 12.6. The van der Waals surface area contributed by atoms with Gasteiger partial charge in [0.1, 0.15) is 0 Å². The lowest BCUT2D eigenvalue weighted by molar-refractivity contribution is -0.141. The molecule has 4 atom stereocenters. The molecule has 1 aromatic rings. The van der Waals surface area contributed by atoms with E-state index in [2.05, 4.69) is 12.2 Å². The maximum absolute atomic E-state index is 12.6. The number of carbonyl (C=O) groups excluding carboxylic acids is 2. The number of fused-ring (bicyclic) bond motifs is 5. The number of rotatable bonds is 2. The van der Waals surface area contributed by atoms with Gasteiger partial charge < -0.3 is 0 Å². The molecule has 2 fully saturated rings. The number of amides is 2. The summed E-state index contributed by atoms with van der Waals surface area (Å²) in [6.07, 6.45) is 5.13. The fraction of sp³-hybridized carbons (Fsp3) is 0.375. The van der Waals surface area contributed by atoms with Crippen LogP contribution in [0.5, 0.6) is 0 Å². The summed E-state index contributed by atoms with van der Waals surface area (Å²) in [5.74, 6) is 0.0714. The summed E-state index contributed by atoms with van der Waals surface area (Å²) in [5, 5.41) is 1.03. The van der Waals surface area contributed by atoms with Crippen LogP contribution in [0.2, 0.25) is 10.0 Å². The van der Waals surface area contributed by atoms with E-state index >= 15 is 0 Å². The van der Waals surface area contributed by atoms with E-state index in [1.807, 2.05) is 0 Å². The molecule has 21 heavy (non-hydrogen) atoms. The Morgan fingerprint density at radius 1 is 1.05 bits per heavy atom. The molecule has 0 radical (unpaired) electrons. The van der Waals surface area contributed by atoms with Crippen molar-refractivity contribution in [3.05, 3.63) is 46.0 Å². The van der Waals surface area contributed by atoms with E-state index in [1.54, 1.807) is 18.2 Å². The maximum Gasteiger partial charge on any atom is 0.234 e. The minimum atomic E-state index is -0.154. The summed E-state index contributed by atoms with van der Waals surface area (Å²) >= 11 is 12.0. The molecule has 2 amide bonds. The second-order valence-corrected chi connectivity index (χ2v) is 6.84. The lowest BCUT2D eigenvalue weighted by atomic mass is 9.85. The molecule has 1 saturated heterocycles. The van der Waals surface area contributed by atoms with E-state index in [-0.39, 0.29) is 42.0 Å². The number of hydrogen-bond donors (Lipinski definition) is 0. The predicted molar refractivity (Wildman–Crippen MR) is 79.7 cm³/mol. The molecular formula is C16H13Cl2NO2. The lowest BCUT2D eigenvalue weighted by Crippen LogP contribution is -2.32. The number of nitrogens with zero attached hydrogens (tertiary/aromatic N) is 1. The predicted octanol–water partition coefficient (Wildman–Crippen LogP) is 3.30. The van der Waals surface area contributed by atoms with Crippen molar-refractivity contribution in [2.45, 2.75) is 13.0 Å². The standard InChI is InChI=1S/C16H13Cl2NO2/c17-11-4-3-10(12(18)6-11)7-19-15(20)13-8-1-2-9(5-8)14(13)16(19)21/h1-4,6,8-9,13-14H,5,7H2/t8-,9-,13+,14+/m0/s1. The first-order valence-electron chi connectivity index (χ1n) is 7.04. The summed E-state index contributed by atoms with van der Waals surface area (Å²) < 4.78 is 0.